The Balaban J connectivity index is 1.66. The van der Waals surface area contributed by atoms with Gasteiger partial charge in [0.25, 0.3) is 0 Å². The number of thiophene rings is 1. The molecule has 8 heteroatoms. The van der Waals surface area contributed by atoms with Crippen molar-refractivity contribution in [3.63, 3.8) is 0 Å². The highest BCUT2D eigenvalue weighted by atomic mass is 32.1. The minimum Gasteiger partial charge on any atom is -0.497 e. The topological polar surface area (TPSA) is 94.5 Å². The molecule has 0 saturated carbocycles. The van der Waals surface area contributed by atoms with E-state index in [1.165, 1.54) is 11.3 Å². The number of urea groups is 1. The molecule has 0 fully saturated rings. The van der Waals surface area contributed by atoms with Crippen molar-refractivity contribution in [3.8, 4) is 11.8 Å². The van der Waals surface area contributed by atoms with E-state index in [1.54, 1.807) is 12.0 Å². The molecular weight excluding hydrogens is 388 g/mol. The predicted molar refractivity (Wildman–Crippen MR) is 112 cm³/mol. The number of nitriles is 1. The van der Waals surface area contributed by atoms with Gasteiger partial charge in [-0.15, -0.1) is 11.3 Å². The third-order valence-electron chi connectivity index (χ3n) is 4.81. The molecule has 3 rings (SSSR count). The first-order valence-corrected chi connectivity index (χ1v) is 10.4. The molecule has 0 saturated heterocycles. The van der Waals surface area contributed by atoms with E-state index >= 15 is 0 Å². The second-order valence-corrected chi connectivity index (χ2v) is 7.83. The Kier molecular flexibility index (Phi) is 6.73. The summed E-state index contributed by atoms with van der Waals surface area (Å²) in [6, 6.07) is 9.75. The van der Waals surface area contributed by atoms with E-state index in [0.717, 1.165) is 21.8 Å². The first-order valence-electron chi connectivity index (χ1n) is 9.55. The summed E-state index contributed by atoms with van der Waals surface area (Å²) in [5, 5.41) is 15.9. The Labute approximate surface area is 174 Å². The Hall–Kier alpha value is -3.05. The highest BCUT2D eigenvalue weighted by Gasteiger charge is 2.27. The van der Waals surface area contributed by atoms with Crippen LogP contribution in [0, 0.1) is 11.3 Å². The summed E-state index contributed by atoms with van der Waals surface area (Å²) in [5.74, 6) is 0.626. The number of methoxy groups -OCH3 is 1. The van der Waals surface area contributed by atoms with E-state index in [2.05, 4.69) is 16.7 Å². The van der Waals surface area contributed by atoms with Crippen molar-refractivity contribution in [2.75, 3.05) is 25.5 Å². The molecule has 0 atom stereocenters. The Morgan fingerprint density at radius 2 is 2.21 bits per heavy atom. The number of carbonyl (C=O) groups excluding carboxylic acids is 2. The summed E-state index contributed by atoms with van der Waals surface area (Å²) in [6.07, 6.45) is 1.51. The maximum absolute atomic E-state index is 12.5. The zero-order valence-corrected chi connectivity index (χ0v) is 17.4. The third-order valence-corrected chi connectivity index (χ3v) is 5.94. The van der Waals surface area contributed by atoms with Gasteiger partial charge in [0.15, 0.2) is 0 Å². The minimum absolute atomic E-state index is 0.103. The Bertz CT molecular complexity index is 948. The monoisotopic (exact) mass is 412 g/mol. The minimum atomic E-state index is -0.136. The molecular formula is C21H24N4O3S. The van der Waals surface area contributed by atoms with Crippen LogP contribution in [-0.2, 0) is 24.2 Å². The average molecular weight is 413 g/mol. The fourth-order valence-corrected chi connectivity index (χ4v) is 4.55. The molecule has 0 spiro atoms. The zero-order chi connectivity index (χ0) is 20.8. The second-order valence-electron chi connectivity index (χ2n) is 6.73. The molecule has 7 nitrogen and oxygen atoms in total. The zero-order valence-electron chi connectivity index (χ0n) is 16.6. The van der Waals surface area contributed by atoms with Crippen LogP contribution in [0.3, 0.4) is 0 Å². The summed E-state index contributed by atoms with van der Waals surface area (Å²) < 4.78 is 5.21. The number of nitrogens with zero attached hydrogens (tertiary/aromatic N) is 2. The molecule has 1 aliphatic rings. The molecule has 0 aliphatic carbocycles. The largest absolute Gasteiger partial charge is 0.497 e. The van der Waals surface area contributed by atoms with Crippen molar-refractivity contribution in [1.29, 1.82) is 5.26 Å². The highest BCUT2D eigenvalue weighted by Crippen LogP contribution is 2.36. The van der Waals surface area contributed by atoms with Gasteiger partial charge in [0, 0.05) is 24.4 Å². The molecule has 29 heavy (non-hydrogen) atoms. The maximum Gasteiger partial charge on any atom is 0.317 e. The Morgan fingerprint density at radius 1 is 1.38 bits per heavy atom. The Morgan fingerprint density at radius 3 is 2.93 bits per heavy atom. The molecule has 0 unspecified atom stereocenters. The molecule has 1 aromatic carbocycles. The van der Waals surface area contributed by atoms with Gasteiger partial charge in [-0.2, -0.15) is 5.26 Å². The summed E-state index contributed by atoms with van der Waals surface area (Å²) in [4.78, 5) is 27.2. The van der Waals surface area contributed by atoms with E-state index in [-0.39, 0.29) is 11.9 Å². The number of hydrogen-bond donors (Lipinski definition) is 2. The molecule has 2 aromatic rings. The van der Waals surface area contributed by atoms with E-state index < -0.39 is 0 Å². The summed E-state index contributed by atoms with van der Waals surface area (Å²) in [7, 11) is 1.61. The molecule has 3 amide bonds. The van der Waals surface area contributed by atoms with Crippen molar-refractivity contribution in [3.05, 3.63) is 45.8 Å². The molecule has 0 radical (unpaired) electrons. The lowest BCUT2D eigenvalue weighted by Crippen LogP contribution is -2.42. The van der Waals surface area contributed by atoms with Crippen molar-refractivity contribution in [1.82, 2.24) is 10.2 Å². The summed E-state index contributed by atoms with van der Waals surface area (Å²) in [6.45, 7) is 3.48. The van der Waals surface area contributed by atoms with Crippen LogP contribution in [0.5, 0.6) is 5.75 Å². The highest BCUT2D eigenvalue weighted by molar-refractivity contribution is 7.16. The molecule has 1 aromatic heterocycles. The van der Waals surface area contributed by atoms with Crippen molar-refractivity contribution in [2.24, 2.45) is 0 Å². The van der Waals surface area contributed by atoms with Crippen molar-refractivity contribution >= 4 is 28.3 Å². The fourth-order valence-electron chi connectivity index (χ4n) is 3.32. The van der Waals surface area contributed by atoms with E-state index in [4.69, 9.17) is 4.74 Å². The number of amides is 3. The number of carbonyl (C=O) groups is 2. The second kappa shape index (κ2) is 9.43. The predicted octanol–water partition coefficient (Wildman–Crippen LogP) is 3.29. The van der Waals surface area contributed by atoms with Crippen LogP contribution in [0.1, 0.15) is 34.9 Å². The summed E-state index contributed by atoms with van der Waals surface area (Å²) in [5.41, 5.74) is 2.49. The van der Waals surface area contributed by atoms with Gasteiger partial charge < -0.3 is 20.3 Å². The first kappa shape index (κ1) is 20.7. The van der Waals surface area contributed by atoms with E-state index in [0.29, 0.717) is 49.5 Å². The lowest BCUT2D eigenvalue weighted by molar-refractivity contribution is -0.116. The van der Waals surface area contributed by atoms with Gasteiger partial charge in [0.05, 0.1) is 19.2 Å². The first-order chi connectivity index (χ1) is 14.0. The smallest absolute Gasteiger partial charge is 0.317 e. The molecule has 152 valence electrons. The maximum atomic E-state index is 12.5. The molecule has 0 bridgehead atoms. The fraction of sp³-hybridized carbons (Fsp3) is 0.381. The van der Waals surface area contributed by atoms with Crippen LogP contribution < -0.4 is 15.4 Å². The van der Waals surface area contributed by atoms with Crippen LogP contribution in [0.15, 0.2) is 24.3 Å². The molecule has 2 N–H and O–H groups in total. The van der Waals surface area contributed by atoms with Gasteiger partial charge in [-0.3, -0.25) is 4.79 Å². The van der Waals surface area contributed by atoms with Gasteiger partial charge in [0.2, 0.25) is 5.91 Å². The van der Waals surface area contributed by atoms with Crippen molar-refractivity contribution in [2.45, 2.75) is 32.7 Å². The molecule has 2 heterocycles. The van der Waals surface area contributed by atoms with Crippen LogP contribution in [0.2, 0.25) is 0 Å². The van der Waals surface area contributed by atoms with Gasteiger partial charge in [0.1, 0.15) is 16.8 Å². The van der Waals surface area contributed by atoms with Crippen molar-refractivity contribution < 1.29 is 14.3 Å². The number of rotatable bonds is 6. The number of anilines is 1. The number of benzene rings is 1. The van der Waals surface area contributed by atoms with Gasteiger partial charge in [-0.05, 0) is 43.0 Å². The number of ether oxygens (including phenoxy) is 1. The number of fused-ring (bicyclic) bond motifs is 1. The van der Waals surface area contributed by atoms with Gasteiger partial charge >= 0.3 is 6.03 Å². The van der Waals surface area contributed by atoms with Gasteiger partial charge in [-0.1, -0.05) is 12.1 Å². The third kappa shape index (κ3) is 4.87. The quantitative estimate of drug-likeness (QED) is 0.761. The normalized spacial score (nSPS) is 12.7. The summed E-state index contributed by atoms with van der Waals surface area (Å²) >= 11 is 1.39. The molecule has 1 aliphatic heterocycles. The van der Waals surface area contributed by atoms with Crippen LogP contribution in [0.25, 0.3) is 0 Å². The van der Waals surface area contributed by atoms with Crippen LogP contribution in [0.4, 0.5) is 9.80 Å². The van der Waals surface area contributed by atoms with E-state index in [9.17, 15) is 14.9 Å². The lowest BCUT2D eigenvalue weighted by atomic mass is 10.0. The average Bonchev–Trinajstić information content (AvgIpc) is 3.08. The lowest BCUT2D eigenvalue weighted by Gasteiger charge is -2.26. The number of nitrogens with one attached hydrogen (secondary N) is 2. The van der Waals surface area contributed by atoms with Crippen LogP contribution >= 0.6 is 11.3 Å². The number of aryl methyl sites for hydroxylation is 1. The standard InChI is InChI=1S/C21H24N4O3S/c1-3-23-21(27)25-10-9-16-17(12-22)20(29-18(16)13-25)24-19(26)8-7-14-5-4-6-15(11-14)28-2/h4-6,11H,3,7-10,13H2,1-2H3,(H,23,27)(H,24,26). The van der Waals surface area contributed by atoms with Crippen LogP contribution in [-0.4, -0.2) is 37.0 Å². The SMILES string of the molecule is CCNC(=O)N1CCc2c(sc(NC(=O)CCc3cccc(OC)c3)c2C#N)C1. The number of hydrogen-bond acceptors (Lipinski definition) is 5. The van der Waals surface area contributed by atoms with E-state index in [1.807, 2.05) is 31.2 Å². The van der Waals surface area contributed by atoms with Gasteiger partial charge in [-0.25, -0.2) is 4.79 Å².